The van der Waals surface area contributed by atoms with Crippen molar-refractivity contribution in [3.05, 3.63) is 0 Å². The Balaban J connectivity index is 4.18. The summed E-state index contributed by atoms with van der Waals surface area (Å²) >= 11 is 1.72. The molecule has 0 aliphatic carbocycles. The molecule has 0 radical (unpaired) electrons. The standard InChI is InChI=1S/CClF6PS/c2-1(3,4)10-9(5,6,7)8. The average Bonchev–Trinajstić information content (AvgIpc) is 1.09. The second-order valence-electron chi connectivity index (χ2n) is 1.20. The van der Waals surface area contributed by atoms with Crippen LogP contribution in [0.2, 0.25) is 0 Å². The van der Waals surface area contributed by atoms with E-state index in [-0.39, 0.29) is 0 Å². The van der Waals surface area contributed by atoms with Crippen molar-refractivity contribution in [1.82, 2.24) is 0 Å². The van der Waals surface area contributed by atoms with Gasteiger partial charge in [0.15, 0.2) is 0 Å². The van der Waals surface area contributed by atoms with Crippen molar-refractivity contribution in [2.24, 2.45) is 0 Å². The minimum atomic E-state index is -8.21. The SMILES string of the molecule is FC(F)(Cl)SP(F)(F)(F)F. The third kappa shape index (κ3) is 8.65. The van der Waals surface area contributed by atoms with Crippen LogP contribution in [0.1, 0.15) is 0 Å². The van der Waals surface area contributed by atoms with Gasteiger partial charge in [-0.3, -0.25) is 0 Å². The van der Waals surface area contributed by atoms with E-state index in [1.165, 1.54) is 0 Å². The number of rotatable bonds is 2. The molecule has 0 heterocycles. The van der Waals surface area contributed by atoms with Crippen LogP contribution in [-0.4, -0.2) is 4.71 Å². The number of hydrogen-bond donors (Lipinski definition) is 0. The summed E-state index contributed by atoms with van der Waals surface area (Å²) < 4.78 is 62.3. The molecular weight excluding hydrogens is 224 g/mol. The van der Waals surface area contributed by atoms with Crippen molar-refractivity contribution in [2.75, 3.05) is 0 Å². The van der Waals surface area contributed by atoms with Crippen LogP contribution in [0.4, 0.5) is 25.6 Å². The topological polar surface area (TPSA) is 0 Å². The van der Waals surface area contributed by atoms with E-state index in [0.717, 1.165) is 0 Å². The molecule has 0 spiro atoms. The number of halogens is 7. The second-order valence-corrected chi connectivity index (χ2v) is 6.11. The van der Waals surface area contributed by atoms with Crippen molar-refractivity contribution in [1.29, 1.82) is 0 Å². The molecule has 0 rings (SSSR count). The van der Waals surface area contributed by atoms with Gasteiger partial charge in [0.2, 0.25) is 0 Å². The van der Waals surface area contributed by atoms with Gasteiger partial charge in [0, 0.05) is 0 Å². The van der Waals surface area contributed by atoms with Crippen LogP contribution in [0.3, 0.4) is 0 Å². The molecule has 0 aliphatic heterocycles. The molecule has 0 saturated carbocycles. The van der Waals surface area contributed by atoms with E-state index in [1.54, 1.807) is 0 Å². The molecule has 0 atom stereocenters. The quantitative estimate of drug-likeness (QED) is 0.378. The summed E-state index contributed by atoms with van der Waals surface area (Å²) in [5.41, 5.74) is 0. The van der Waals surface area contributed by atoms with Crippen molar-refractivity contribution in [3.63, 3.8) is 0 Å². The molecular formula is CClF6PS. The van der Waals surface area contributed by atoms with Crippen LogP contribution in [0.5, 0.6) is 0 Å². The van der Waals surface area contributed by atoms with Gasteiger partial charge in [-0.05, 0) is 0 Å². The Morgan fingerprint density at radius 2 is 1.40 bits per heavy atom. The summed E-state index contributed by atoms with van der Waals surface area (Å²) in [6.07, 6.45) is 0. The molecule has 0 aromatic rings. The monoisotopic (exact) mass is 224 g/mol. The van der Waals surface area contributed by atoms with Gasteiger partial charge in [-0.1, -0.05) is 0 Å². The zero-order chi connectivity index (χ0) is 8.65. The van der Waals surface area contributed by atoms with Crippen molar-refractivity contribution in [3.8, 4) is 0 Å². The predicted molar refractivity (Wildman–Crippen MR) is 29.7 cm³/mol. The summed E-state index contributed by atoms with van der Waals surface area (Å²) in [5, 5.41) is 0. The van der Waals surface area contributed by atoms with E-state index in [2.05, 4.69) is 11.6 Å². The van der Waals surface area contributed by atoms with Gasteiger partial charge in [-0.25, -0.2) is 0 Å². The molecule has 0 bridgehead atoms. The van der Waals surface area contributed by atoms with Gasteiger partial charge in [0.05, 0.1) is 0 Å². The van der Waals surface area contributed by atoms with Gasteiger partial charge in [0.1, 0.15) is 0 Å². The number of alkyl halides is 3. The van der Waals surface area contributed by atoms with E-state index >= 15 is 0 Å². The third-order valence-electron chi connectivity index (χ3n) is 0.242. The molecule has 0 saturated heterocycles. The molecule has 0 unspecified atom stereocenters. The Hall–Kier alpha value is 0.650. The summed E-state index contributed by atoms with van der Waals surface area (Å²) in [4.78, 5) is 0. The van der Waals surface area contributed by atoms with E-state index in [1.807, 2.05) is 0 Å². The van der Waals surface area contributed by atoms with Crippen molar-refractivity contribution >= 4 is 30.0 Å². The first kappa shape index (κ1) is 10.7. The Kier molecular flexibility index (Phi) is 2.47. The maximum atomic E-state index is 11.3. The van der Waals surface area contributed by atoms with E-state index in [4.69, 9.17) is 0 Å². The summed E-state index contributed by atoms with van der Waals surface area (Å²) in [7, 11) is -8.21. The fourth-order valence-electron chi connectivity index (χ4n) is 0.156. The zero-order valence-electron chi connectivity index (χ0n) is 4.00. The Morgan fingerprint density at radius 1 is 1.10 bits per heavy atom. The van der Waals surface area contributed by atoms with E-state index < -0.39 is 23.1 Å². The first-order chi connectivity index (χ1) is 3.96. The molecule has 64 valence electrons. The van der Waals surface area contributed by atoms with Crippen LogP contribution in [0.25, 0.3) is 0 Å². The summed E-state index contributed by atoms with van der Waals surface area (Å²) in [6, 6.07) is 0. The van der Waals surface area contributed by atoms with Gasteiger partial charge in [-0.15, -0.1) is 0 Å². The van der Waals surface area contributed by atoms with Gasteiger partial charge in [-0.2, -0.15) is 0 Å². The molecule has 0 N–H and O–H groups in total. The molecule has 0 aliphatic rings. The Labute approximate surface area is 61.1 Å². The zero-order valence-corrected chi connectivity index (χ0v) is 6.47. The molecule has 0 amide bonds. The van der Waals surface area contributed by atoms with Crippen molar-refractivity contribution < 1.29 is 25.6 Å². The third-order valence-corrected chi connectivity index (χ3v) is 2.79. The van der Waals surface area contributed by atoms with Crippen LogP contribution in [0.15, 0.2) is 0 Å². The Bertz CT molecular complexity index is 124. The maximum absolute atomic E-state index is 11.3. The van der Waals surface area contributed by atoms with Gasteiger partial charge >= 0.3 is 60.3 Å². The molecule has 0 aromatic carbocycles. The molecule has 0 aromatic heterocycles. The van der Waals surface area contributed by atoms with Gasteiger partial charge < -0.3 is 0 Å². The van der Waals surface area contributed by atoms with Crippen LogP contribution < -0.4 is 0 Å². The summed E-state index contributed by atoms with van der Waals surface area (Å²) in [5.74, 6) is 0. The predicted octanol–water partition coefficient (Wildman–Crippen LogP) is 4.52. The minimum absolute atomic E-state index is 2.09. The van der Waals surface area contributed by atoms with E-state index in [9.17, 15) is 25.6 Å². The Morgan fingerprint density at radius 3 is 1.40 bits per heavy atom. The van der Waals surface area contributed by atoms with Gasteiger partial charge in [0.25, 0.3) is 0 Å². The van der Waals surface area contributed by atoms with Crippen LogP contribution in [0, 0.1) is 0 Å². The fraction of sp³-hybridized carbons (Fsp3) is 1.00. The van der Waals surface area contributed by atoms with Crippen LogP contribution >= 0.6 is 30.0 Å². The first-order valence-corrected chi connectivity index (χ1v) is 5.23. The first-order valence-electron chi connectivity index (χ1n) is 1.63. The normalized spacial score (nSPS) is 18.1. The summed E-state index contributed by atoms with van der Waals surface area (Å²) in [6.45, 7) is 0. The van der Waals surface area contributed by atoms with Crippen LogP contribution in [-0.2, 0) is 0 Å². The molecule has 10 heavy (non-hydrogen) atoms. The number of hydrogen-bond acceptors (Lipinski definition) is 1. The second kappa shape index (κ2) is 2.32. The average molecular weight is 224 g/mol. The van der Waals surface area contributed by atoms with Crippen molar-refractivity contribution in [2.45, 2.75) is 4.71 Å². The molecule has 0 nitrogen and oxygen atoms in total. The fourth-order valence-corrected chi connectivity index (χ4v) is 2.35. The molecule has 0 fully saturated rings. The van der Waals surface area contributed by atoms with E-state index in [0.29, 0.717) is 0 Å². The molecule has 9 heteroatoms.